The van der Waals surface area contributed by atoms with Gasteiger partial charge in [-0.3, -0.25) is 14.5 Å². The molecule has 0 saturated carbocycles. The molecule has 0 N–H and O–H groups in total. The first-order chi connectivity index (χ1) is 13.0. The van der Waals surface area contributed by atoms with Crippen LogP contribution in [0.1, 0.15) is 16.7 Å². The fraction of sp³-hybridized carbons (Fsp3) is 0.143. The van der Waals surface area contributed by atoms with Gasteiger partial charge >= 0.3 is 0 Å². The highest BCUT2D eigenvalue weighted by atomic mass is 32.2. The molecule has 4 nitrogen and oxygen atoms in total. The van der Waals surface area contributed by atoms with Gasteiger partial charge in [0.25, 0.3) is 11.1 Å². The van der Waals surface area contributed by atoms with Crippen LogP contribution in [-0.4, -0.2) is 23.1 Å². The molecule has 0 atom stereocenters. The molecule has 0 unspecified atom stereocenters. The number of halogens is 1. The number of imide groups is 1. The first kappa shape index (κ1) is 18.9. The van der Waals surface area contributed by atoms with Gasteiger partial charge in [0.1, 0.15) is 18.2 Å². The van der Waals surface area contributed by atoms with Gasteiger partial charge in [0.2, 0.25) is 0 Å². The number of hydrogen-bond donors (Lipinski definition) is 0. The van der Waals surface area contributed by atoms with Gasteiger partial charge in [0.05, 0.1) is 4.91 Å². The normalized spacial score (nSPS) is 15.5. The zero-order chi connectivity index (χ0) is 19.4. The average Bonchev–Trinajstić information content (AvgIpc) is 2.89. The van der Waals surface area contributed by atoms with E-state index in [9.17, 15) is 14.0 Å². The second-order valence-electron chi connectivity index (χ2n) is 5.98. The lowest BCUT2D eigenvalue weighted by Crippen LogP contribution is -2.22. The summed E-state index contributed by atoms with van der Waals surface area (Å²) in [6.45, 7) is 3.87. The van der Waals surface area contributed by atoms with E-state index in [1.54, 1.807) is 42.5 Å². The molecule has 138 valence electrons. The van der Waals surface area contributed by atoms with Gasteiger partial charge in [-0.2, -0.15) is 0 Å². The van der Waals surface area contributed by atoms with Crippen LogP contribution in [0.4, 0.5) is 9.18 Å². The molecule has 1 fully saturated rings. The number of amides is 2. The van der Waals surface area contributed by atoms with Gasteiger partial charge in [-0.25, -0.2) is 4.39 Å². The molecule has 0 aromatic heterocycles. The summed E-state index contributed by atoms with van der Waals surface area (Å²) < 4.78 is 19.6. The van der Waals surface area contributed by atoms with E-state index in [4.69, 9.17) is 4.74 Å². The van der Waals surface area contributed by atoms with Crippen molar-refractivity contribution < 1.29 is 18.7 Å². The minimum atomic E-state index is -0.310. The molecule has 2 aromatic carbocycles. The molecular weight excluding hydrogens is 365 g/mol. The predicted molar refractivity (Wildman–Crippen MR) is 105 cm³/mol. The smallest absolute Gasteiger partial charge is 0.293 e. The van der Waals surface area contributed by atoms with Gasteiger partial charge < -0.3 is 4.74 Å². The maximum Gasteiger partial charge on any atom is 0.293 e. The summed E-state index contributed by atoms with van der Waals surface area (Å²) in [6.07, 6.45) is 3.99. The predicted octanol–water partition coefficient (Wildman–Crippen LogP) is 4.80. The Kier molecular flexibility index (Phi) is 5.76. The Labute approximate surface area is 161 Å². The van der Waals surface area contributed by atoms with Crippen LogP contribution >= 0.6 is 11.8 Å². The molecule has 1 aliphatic heterocycles. The van der Waals surface area contributed by atoms with Crippen LogP contribution in [-0.2, 0) is 17.8 Å². The number of carbonyl (C=O) groups is 2. The van der Waals surface area contributed by atoms with E-state index in [0.29, 0.717) is 22.6 Å². The first-order valence-electron chi connectivity index (χ1n) is 8.31. The molecule has 0 spiro atoms. The lowest BCUT2D eigenvalue weighted by molar-refractivity contribution is -0.121. The van der Waals surface area contributed by atoms with Crippen molar-refractivity contribution in [3.63, 3.8) is 0 Å². The van der Waals surface area contributed by atoms with Crippen LogP contribution in [0.5, 0.6) is 5.75 Å². The van der Waals surface area contributed by atoms with Crippen molar-refractivity contribution in [1.82, 2.24) is 4.90 Å². The third-order valence-electron chi connectivity index (χ3n) is 4.07. The van der Waals surface area contributed by atoms with Gasteiger partial charge in [-0.05, 0) is 53.6 Å². The second-order valence-corrected chi connectivity index (χ2v) is 6.97. The minimum absolute atomic E-state index is 0.116. The lowest BCUT2D eigenvalue weighted by Gasteiger charge is -2.12. The van der Waals surface area contributed by atoms with Crippen molar-refractivity contribution in [3.05, 3.63) is 82.5 Å². The number of likely N-dealkylation sites (N-methyl/N-ethyl adjacent to an activating group) is 1. The molecule has 2 aromatic rings. The van der Waals surface area contributed by atoms with Gasteiger partial charge in [0, 0.05) is 12.6 Å². The monoisotopic (exact) mass is 383 g/mol. The molecule has 0 bridgehead atoms. The number of rotatable bonds is 6. The van der Waals surface area contributed by atoms with Crippen LogP contribution < -0.4 is 4.74 Å². The molecule has 6 heteroatoms. The number of carbonyl (C=O) groups excluding carboxylic acids is 2. The van der Waals surface area contributed by atoms with Crippen LogP contribution in [0.25, 0.3) is 6.08 Å². The summed E-state index contributed by atoms with van der Waals surface area (Å²) in [6, 6.07) is 11.9. The Hall–Kier alpha value is -2.86. The standard InChI is InChI=1S/C21H18FNO3S/c1-3-6-15-11-14(12-19-20(24)23(2)21(25)27-19)9-10-18(15)26-13-16-7-4-5-8-17(16)22/h3-5,7-12H,1,6,13H2,2H3/b19-12-. The maximum atomic E-state index is 13.8. The first-order valence-corrected chi connectivity index (χ1v) is 9.13. The summed E-state index contributed by atoms with van der Waals surface area (Å²) in [5, 5.41) is -0.289. The van der Waals surface area contributed by atoms with Crippen molar-refractivity contribution in [2.45, 2.75) is 13.0 Å². The highest BCUT2D eigenvalue weighted by Crippen LogP contribution is 2.32. The van der Waals surface area contributed by atoms with Crippen molar-refractivity contribution in [3.8, 4) is 5.75 Å². The average molecular weight is 383 g/mol. The van der Waals surface area contributed by atoms with Crippen LogP contribution in [0.15, 0.2) is 60.0 Å². The summed E-state index contributed by atoms with van der Waals surface area (Å²) in [5.41, 5.74) is 2.12. The van der Waals surface area contributed by atoms with E-state index < -0.39 is 0 Å². The molecule has 1 saturated heterocycles. The molecule has 1 heterocycles. The number of allylic oxidation sites excluding steroid dienone is 1. The fourth-order valence-electron chi connectivity index (χ4n) is 2.61. The van der Waals surface area contributed by atoms with Crippen LogP contribution in [0, 0.1) is 5.82 Å². The third kappa shape index (κ3) is 4.28. The third-order valence-corrected chi connectivity index (χ3v) is 5.03. The van der Waals surface area contributed by atoms with Gasteiger partial charge in [-0.1, -0.05) is 30.3 Å². The van der Waals surface area contributed by atoms with Crippen molar-refractivity contribution in [2.75, 3.05) is 7.05 Å². The Morgan fingerprint density at radius 2 is 1.96 bits per heavy atom. The zero-order valence-electron chi connectivity index (χ0n) is 14.8. The SMILES string of the molecule is C=CCc1cc(/C=C2\SC(=O)N(C)C2=O)ccc1OCc1ccccc1F. The second kappa shape index (κ2) is 8.22. The molecule has 3 rings (SSSR count). The topological polar surface area (TPSA) is 46.6 Å². The van der Waals surface area contributed by atoms with E-state index in [0.717, 1.165) is 27.8 Å². The maximum absolute atomic E-state index is 13.8. The Balaban J connectivity index is 1.83. The van der Waals surface area contributed by atoms with Gasteiger partial charge in [0.15, 0.2) is 0 Å². The molecule has 27 heavy (non-hydrogen) atoms. The van der Waals surface area contributed by atoms with Crippen molar-refractivity contribution in [2.24, 2.45) is 0 Å². The molecule has 0 aliphatic carbocycles. The summed E-state index contributed by atoms with van der Waals surface area (Å²) in [7, 11) is 1.46. The fourth-order valence-corrected chi connectivity index (χ4v) is 3.44. The number of hydrogen-bond acceptors (Lipinski definition) is 4. The number of thioether (sulfide) groups is 1. The molecule has 2 amide bonds. The van der Waals surface area contributed by atoms with Crippen molar-refractivity contribution >= 4 is 29.0 Å². The van der Waals surface area contributed by atoms with E-state index in [1.165, 1.54) is 13.1 Å². The number of ether oxygens (including phenoxy) is 1. The van der Waals surface area contributed by atoms with E-state index >= 15 is 0 Å². The lowest BCUT2D eigenvalue weighted by atomic mass is 10.1. The van der Waals surface area contributed by atoms with Crippen molar-refractivity contribution in [1.29, 1.82) is 0 Å². The Morgan fingerprint density at radius 3 is 2.63 bits per heavy atom. The van der Waals surface area contributed by atoms with E-state index in [2.05, 4.69) is 6.58 Å². The molecular formula is C21H18FNO3S. The Morgan fingerprint density at radius 1 is 1.19 bits per heavy atom. The summed E-state index contributed by atoms with van der Waals surface area (Å²) >= 11 is 0.915. The summed E-state index contributed by atoms with van der Waals surface area (Å²) in [5.74, 6) is 0.00345. The minimum Gasteiger partial charge on any atom is -0.489 e. The van der Waals surface area contributed by atoms with E-state index in [-0.39, 0.29) is 23.6 Å². The van der Waals surface area contributed by atoms with Gasteiger partial charge in [-0.15, -0.1) is 6.58 Å². The van der Waals surface area contributed by atoms with Crippen LogP contribution in [0.3, 0.4) is 0 Å². The number of nitrogens with zero attached hydrogens (tertiary/aromatic N) is 1. The number of benzene rings is 2. The largest absolute Gasteiger partial charge is 0.489 e. The highest BCUT2D eigenvalue weighted by molar-refractivity contribution is 8.18. The zero-order valence-corrected chi connectivity index (χ0v) is 15.6. The highest BCUT2D eigenvalue weighted by Gasteiger charge is 2.31. The molecule has 1 aliphatic rings. The Bertz CT molecular complexity index is 939. The summed E-state index contributed by atoms with van der Waals surface area (Å²) in [4.78, 5) is 25.1. The van der Waals surface area contributed by atoms with Crippen LogP contribution in [0.2, 0.25) is 0 Å². The van der Waals surface area contributed by atoms with E-state index in [1.807, 2.05) is 6.07 Å². The quantitative estimate of drug-likeness (QED) is 0.531. The molecule has 0 radical (unpaired) electrons.